The van der Waals surface area contributed by atoms with Crippen molar-refractivity contribution in [2.24, 2.45) is 0 Å². The number of nitrogens with one attached hydrogen (secondary N) is 1. The van der Waals surface area contributed by atoms with Crippen LogP contribution in [0.5, 0.6) is 0 Å². The minimum atomic E-state index is 0.567. The molecule has 0 radical (unpaired) electrons. The van der Waals surface area contributed by atoms with Crippen LogP contribution in [-0.4, -0.2) is 9.55 Å². The molecular formula is C14H7Br2N3S. The molecule has 3 rings (SSSR count). The number of aromatic nitrogens is 2. The highest BCUT2D eigenvalue weighted by molar-refractivity contribution is 9.10. The Balaban J connectivity index is 2.39. The highest BCUT2D eigenvalue weighted by Gasteiger charge is 2.11. The number of fused-ring (bicyclic) bond motifs is 1. The number of benzene rings is 2. The first kappa shape index (κ1) is 13.6. The van der Waals surface area contributed by atoms with Crippen molar-refractivity contribution in [1.82, 2.24) is 9.55 Å². The third-order valence-corrected chi connectivity index (χ3v) is 4.24. The fraction of sp³-hybridized carbons (Fsp3) is 0. The van der Waals surface area contributed by atoms with Gasteiger partial charge in [-0.25, -0.2) is 0 Å². The Hall–Kier alpha value is -1.42. The van der Waals surface area contributed by atoms with Crippen LogP contribution >= 0.6 is 44.1 Å². The monoisotopic (exact) mass is 407 g/mol. The summed E-state index contributed by atoms with van der Waals surface area (Å²) in [5, 5.41) is 9.31. The van der Waals surface area contributed by atoms with E-state index in [9.17, 15) is 5.26 Å². The van der Waals surface area contributed by atoms with E-state index in [4.69, 9.17) is 12.2 Å². The second kappa shape index (κ2) is 5.17. The first-order valence-electron chi connectivity index (χ1n) is 5.70. The topological polar surface area (TPSA) is 44.5 Å². The maximum absolute atomic E-state index is 9.31. The highest BCUT2D eigenvalue weighted by atomic mass is 79.9. The molecule has 0 aliphatic rings. The molecule has 0 unspecified atom stereocenters. The minimum Gasteiger partial charge on any atom is -0.330 e. The minimum absolute atomic E-state index is 0.567. The van der Waals surface area contributed by atoms with Crippen LogP contribution in [0.1, 0.15) is 5.56 Å². The Labute approximate surface area is 137 Å². The average Bonchev–Trinajstić information content (AvgIpc) is 2.73. The molecule has 0 aliphatic carbocycles. The lowest BCUT2D eigenvalue weighted by atomic mass is 10.2. The number of halogens is 2. The zero-order valence-electron chi connectivity index (χ0n) is 10.0. The molecule has 0 saturated carbocycles. The van der Waals surface area contributed by atoms with E-state index in [-0.39, 0.29) is 0 Å². The third kappa shape index (κ3) is 2.22. The van der Waals surface area contributed by atoms with Gasteiger partial charge in [-0.15, -0.1) is 0 Å². The van der Waals surface area contributed by atoms with E-state index >= 15 is 0 Å². The standard InChI is InChI=1S/C14H7Br2N3S/c15-9-1-3-12(8(5-9)7-17)19-13-4-2-10(16)6-11(13)18-14(19)20/h1-6H,(H,18,20). The molecule has 0 saturated heterocycles. The normalized spacial score (nSPS) is 10.7. The summed E-state index contributed by atoms with van der Waals surface area (Å²) in [7, 11) is 0. The number of imidazole rings is 1. The molecule has 1 aromatic heterocycles. The first-order chi connectivity index (χ1) is 9.60. The molecule has 2 aromatic carbocycles. The summed E-state index contributed by atoms with van der Waals surface area (Å²) in [6.45, 7) is 0. The lowest BCUT2D eigenvalue weighted by Gasteiger charge is -2.07. The van der Waals surface area contributed by atoms with Gasteiger partial charge in [0.25, 0.3) is 0 Å². The van der Waals surface area contributed by atoms with Gasteiger partial charge in [0.15, 0.2) is 4.77 Å². The molecule has 0 spiro atoms. The lowest BCUT2D eigenvalue weighted by molar-refractivity contribution is 1.06. The number of rotatable bonds is 1. The number of H-pyrrole nitrogens is 1. The molecule has 98 valence electrons. The molecule has 0 atom stereocenters. The molecule has 20 heavy (non-hydrogen) atoms. The van der Waals surface area contributed by atoms with Crippen LogP contribution in [-0.2, 0) is 0 Å². The molecule has 1 N–H and O–H groups in total. The van der Waals surface area contributed by atoms with Crippen molar-refractivity contribution < 1.29 is 0 Å². The van der Waals surface area contributed by atoms with Crippen LogP contribution in [0.4, 0.5) is 0 Å². The van der Waals surface area contributed by atoms with Crippen molar-refractivity contribution in [1.29, 1.82) is 5.26 Å². The largest absolute Gasteiger partial charge is 0.330 e. The fourth-order valence-corrected chi connectivity index (χ4v) is 3.14. The van der Waals surface area contributed by atoms with Crippen LogP contribution in [0.15, 0.2) is 45.3 Å². The van der Waals surface area contributed by atoms with E-state index < -0.39 is 0 Å². The van der Waals surface area contributed by atoms with Crippen LogP contribution in [0.2, 0.25) is 0 Å². The number of nitriles is 1. The van der Waals surface area contributed by atoms with Gasteiger partial charge in [-0.3, -0.25) is 4.57 Å². The molecule has 3 nitrogen and oxygen atoms in total. The summed E-state index contributed by atoms with van der Waals surface area (Å²) in [6.07, 6.45) is 0. The Morgan fingerprint density at radius 1 is 1.10 bits per heavy atom. The van der Waals surface area contributed by atoms with E-state index in [2.05, 4.69) is 42.9 Å². The predicted octanol–water partition coefficient (Wildman–Crippen LogP) is 5.08. The summed E-state index contributed by atoms with van der Waals surface area (Å²) < 4.78 is 4.29. The van der Waals surface area contributed by atoms with Gasteiger partial charge >= 0.3 is 0 Å². The molecule has 0 aliphatic heterocycles. The maximum atomic E-state index is 9.31. The van der Waals surface area contributed by atoms with Crippen LogP contribution in [0.3, 0.4) is 0 Å². The fourth-order valence-electron chi connectivity index (χ4n) is 2.12. The molecule has 0 fully saturated rings. The maximum Gasteiger partial charge on any atom is 0.182 e. The smallest absolute Gasteiger partial charge is 0.182 e. The van der Waals surface area contributed by atoms with Gasteiger partial charge in [0.1, 0.15) is 6.07 Å². The molecule has 6 heteroatoms. The third-order valence-electron chi connectivity index (χ3n) is 2.96. The molecule has 3 aromatic rings. The number of hydrogen-bond acceptors (Lipinski definition) is 2. The summed E-state index contributed by atoms with van der Waals surface area (Å²) >= 11 is 12.2. The first-order valence-corrected chi connectivity index (χ1v) is 7.70. The quantitative estimate of drug-likeness (QED) is 0.570. The summed E-state index contributed by atoms with van der Waals surface area (Å²) in [5.74, 6) is 0. The zero-order valence-corrected chi connectivity index (χ0v) is 14.0. The van der Waals surface area contributed by atoms with Crippen LogP contribution in [0.25, 0.3) is 16.7 Å². The Morgan fingerprint density at radius 3 is 2.55 bits per heavy atom. The van der Waals surface area contributed by atoms with Crippen LogP contribution in [0, 0.1) is 16.1 Å². The lowest BCUT2D eigenvalue weighted by Crippen LogP contribution is -1.97. The number of nitrogens with zero attached hydrogens (tertiary/aromatic N) is 2. The molecule has 0 bridgehead atoms. The van der Waals surface area contributed by atoms with Gasteiger partial charge in [-0.1, -0.05) is 31.9 Å². The molecule has 0 amide bonds. The van der Waals surface area contributed by atoms with E-state index in [0.717, 1.165) is 25.7 Å². The predicted molar refractivity (Wildman–Crippen MR) is 88.6 cm³/mol. The van der Waals surface area contributed by atoms with E-state index in [1.165, 1.54) is 0 Å². The van der Waals surface area contributed by atoms with E-state index in [0.29, 0.717) is 10.3 Å². The van der Waals surface area contributed by atoms with Crippen molar-refractivity contribution in [3.05, 3.63) is 55.7 Å². The second-order valence-corrected chi connectivity index (χ2v) is 6.42. The highest BCUT2D eigenvalue weighted by Crippen LogP contribution is 2.26. The van der Waals surface area contributed by atoms with Crippen LogP contribution < -0.4 is 0 Å². The summed E-state index contributed by atoms with van der Waals surface area (Å²) in [5.41, 5.74) is 3.21. The molecule has 1 heterocycles. The average molecular weight is 409 g/mol. The second-order valence-electron chi connectivity index (χ2n) is 4.20. The van der Waals surface area contributed by atoms with E-state index in [1.54, 1.807) is 6.07 Å². The summed E-state index contributed by atoms with van der Waals surface area (Å²) in [6, 6.07) is 13.7. The SMILES string of the molecule is N#Cc1cc(Br)ccc1-n1c(=S)[nH]c2cc(Br)ccc21. The zero-order chi connectivity index (χ0) is 14.3. The van der Waals surface area contributed by atoms with Crippen molar-refractivity contribution >= 4 is 55.1 Å². The van der Waals surface area contributed by atoms with Gasteiger partial charge in [0.05, 0.1) is 22.3 Å². The number of aromatic amines is 1. The van der Waals surface area contributed by atoms with Gasteiger partial charge in [0, 0.05) is 8.95 Å². The van der Waals surface area contributed by atoms with Crippen molar-refractivity contribution in [3.63, 3.8) is 0 Å². The van der Waals surface area contributed by atoms with Crippen molar-refractivity contribution in [2.75, 3.05) is 0 Å². The summed E-state index contributed by atoms with van der Waals surface area (Å²) in [4.78, 5) is 3.16. The van der Waals surface area contributed by atoms with E-state index in [1.807, 2.05) is 34.9 Å². The number of hydrogen-bond donors (Lipinski definition) is 1. The van der Waals surface area contributed by atoms with Gasteiger partial charge in [-0.05, 0) is 48.6 Å². The van der Waals surface area contributed by atoms with Gasteiger partial charge in [0.2, 0.25) is 0 Å². The van der Waals surface area contributed by atoms with Gasteiger partial charge < -0.3 is 4.98 Å². The van der Waals surface area contributed by atoms with Crippen molar-refractivity contribution in [2.45, 2.75) is 0 Å². The Kier molecular flexibility index (Phi) is 3.50. The van der Waals surface area contributed by atoms with Gasteiger partial charge in [-0.2, -0.15) is 5.26 Å². The van der Waals surface area contributed by atoms with Crippen molar-refractivity contribution in [3.8, 4) is 11.8 Å². The molecular weight excluding hydrogens is 402 g/mol. The Morgan fingerprint density at radius 2 is 1.80 bits per heavy atom. The Bertz CT molecular complexity index is 918.